The zero-order valence-electron chi connectivity index (χ0n) is 17.3. The molecule has 0 aliphatic heterocycles. The van der Waals surface area contributed by atoms with Gasteiger partial charge in [0.25, 0.3) is 0 Å². The highest BCUT2D eigenvalue weighted by Gasteiger charge is 2.15. The fourth-order valence-corrected chi connectivity index (χ4v) is 3.77. The summed E-state index contributed by atoms with van der Waals surface area (Å²) in [6, 6.07) is 16.7. The Morgan fingerprint density at radius 2 is 1.62 bits per heavy atom. The maximum atomic E-state index is 5.56. The van der Waals surface area contributed by atoms with Crippen LogP contribution in [0.2, 0.25) is 0 Å². The molecule has 0 saturated carbocycles. The Morgan fingerprint density at radius 3 is 2.28 bits per heavy atom. The molecule has 2 aromatic carbocycles. The summed E-state index contributed by atoms with van der Waals surface area (Å²) in [6.07, 6.45) is 2.14. The average Bonchev–Trinajstić information content (AvgIpc) is 3.28. The number of para-hydroxylation sites is 2. The van der Waals surface area contributed by atoms with Crippen LogP contribution in [-0.4, -0.2) is 45.1 Å². The minimum Gasteiger partial charge on any atom is -0.494 e. The van der Waals surface area contributed by atoms with Crippen LogP contribution in [0, 0.1) is 0 Å². The van der Waals surface area contributed by atoms with Crippen molar-refractivity contribution in [3.8, 4) is 17.0 Å². The van der Waals surface area contributed by atoms with E-state index in [1.54, 1.807) is 0 Å². The van der Waals surface area contributed by atoms with E-state index in [9.17, 15) is 0 Å². The van der Waals surface area contributed by atoms with E-state index in [4.69, 9.17) is 9.72 Å². The minimum atomic E-state index is 0. The van der Waals surface area contributed by atoms with Crippen molar-refractivity contribution in [1.82, 2.24) is 18.9 Å². The van der Waals surface area contributed by atoms with Crippen LogP contribution in [0.4, 0.5) is 0 Å². The number of hydrogen-bond acceptors (Lipinski definition) is 3. The molecular formula is C23H29ClN4O. The monoisotopic (exact) mass is 412 g/mol. The van der Waals surface area contributed by atoms with Crippen molar-refractivity contribution in [2.24, 2.45) is 0 Å². The molecule has 2 heterocycles. The van der Waals surface area contributed by atoms with Gasteiger partial charge in [0.15, 0.2) is 0 Å². The summed E-state index contributed by atoms with van der Waals surface area (Å²) >= 11 is 0. The van der Waals surface area contributed by atoms with Crippen LogP contribution in [-0.2, 0) is 6.54 Å². The van der Waals surface area contributed by atoms with Gasteiger partial charge in [-0.05, 0) is 56.4 Å². The first-order chi connectivity index (χ1) is 13.7. The normalized spacial score (nSPS) is 11.3. The highest BCUT2D eigenvalue weighted by atomic mass is 35.5. The van der Waals surface area contributed by atoms with E-state index in [1.165, 1.54) is 11.0 Å². The summed E-state index contributed by atoms with van der Waals surface area (Å²) in [4.78, 5) is 7.44. The van der Waals surface area contributed by atoms with Gasteiger partial charge in [-0.15, -0.1) is 12.4 Å². The Hall–Kier alpha value is -2.50. The molecule has 0 amide bonds. The second-order valence-corrected chi connectivity index (χ2v) is 6.92. The van der Waals surface area contributed by atoms with Crippen LogP contribution in [0.5, 0.6) is 5.75 Å². The van der Waals surface area contributed by atoms with Crippen molar-refractivity contribution in [3.05, 3.63) is 54.7 Å². The lowest BCUT2D eigenvalue weighted by molar-refractivity contribution is 0.293. The number of rotatable bonds is 8. The molecule has 5 nitrogen and oxygen atoms in total. The van der Waals surface area contributed by atoms with E-state index in [-0.39, 0.29) is 12.4 Å². The van der Waals surface area contributed by atoms with Crippen molar-refractivity contribution in [1.29, 1.82) is 0 Å². The van der Waals surface area contributed by atoms with Gasteiger partial charge >= 0.3 is 0 Å². The zero-order chi connectivity index (χ0) is 19.5. The van der Waals surface area contributed by atoms with Crippen LogP contribution >= 0.6 is 12.4 Å². The Kier molecular flexibility index (Phi) is 6.83. The smallest absolute Gasteiger partial charge is 0.215 e. The summed E-state index contributed by atoms with van der Waals surface area (Å²) in [5, 5.41) is 0. The molecule has 0 aliphatic rings. The number of imidazole rings is 2. The van der Waals surface area contributed by atoms with Crippen LogP contribution in [0.25, 0.3) is 28.1 Å². The Balaban J connectivity index is 0.00000240. The van der Waals surface area contributed by atoms with E-state index in [0.29, 0.717) is 6.61 Å². The minimum absolute atomic E-state index is 0. The number of aromatic nitrogens is 3. The van der Waals surface area contributed by atoms with Crippen LogP contribution in [0.3, 0.4) is 0 Å². The van der Waals surface area contributed by atoms with Crippen molar-refractivity contribution < 1.29 is 4.74 Å². The third-order valence-electron chi connectivity index (χ3n) is 5.36. The van der Waals surface area contributed by atoms with Crippen LogP contribution in [0.1, 0.15) is 20.8 Å². The van der Waals surface area contributed by atoms with Crippen LogP contribution in [0.15, 0.2) is 54.7 Å². The third-order valence-corrected chi connectivity index (χ3v) is 5.36. The Bertz CT molecular complexity index is 1060. The Labute approximate surface area is 178 Å². The van der Waals surface area contributed by atoms with Crippen molar-refractivity contribution in [2.45, 2.75) is 27.3 Å². The number of fused-ring (bicyclic) bond motifs is 3. The summed E-state index contributed by atoms with van der Waals surface area (Å²) in [5.74, 6) is 1.89. The lowest BCUT2D eigenvalue weighted by Gasteiger charge is -2.18. The number of benzene rings is 2. The molecule has 0 fully saturated rings. The van der Waals surface area contributed by atoms with Crippen LogP contribution < -0.4 is 4.74 Å². The summed E-state index contributed by atoms with van der Waals surface area (Å²) < 4.78 is 10.1. The van der Waals surface area contributed by atoms with Gasteiger partial charge in [-0.3, -0.25) is 4.40 Å². The molecule has 0 spiro atoms. The van der Waals surface area contributed by atoms with E-state index in [0.717, 1.165) is 49.0 Å². The highest BCUT2D eigenvalue weighted by molar-refractivity contribution is 5.85. The molecule has 154 valence electrons. The number of nitrogens with zero attached hydrogens (tertiary/aromatic N) is 4. The molecule has 0 unspecified atom stereocenters. The predicted molar refractivity (Wildman–Crippen MR) is 122 cm³/mol. The summed E-state index contributed by atoms with van der Waals surface area (Å²) in [7, 11) is 0. The molecule has 0 bridgehead atoms. The summed E-state index contributed by atoms with van der Waals surface area (Å²) in [5.41, 5.74) is 4.52. The van der Waals surface area contributed by atoms with Gasteiger partial charge in [0, 0.05) is 24.8 Å². The largest absolute Gasteiger partial charge is 0.494 e. The number of halogens is 1. The standard InChI is InChI=1S/C23H28N4O.ClH/c1-4-25(5-2)15-16-26-21-9-7-8-10-22(21)27-17-20(24-23(26)27)18-11-13-19(14-12-18)28-6-3;/h7-14,17H,4-6,15-16H2,1-3H3;1H. The lowest BCUT2D eigenvalue weighted by Crippen LogP contribution is -2.27. The van der Waals surface area contributed by atoms with Gasteiger partial charge < -0.3 is 14.2 Å². The molecule has 2 aromatic heterocycles. The molecule has 6 heteroatoms. The molecule has 0 aliphatic carbocycles. The average molecular weight is 413 g/mol. The summed E-state index contributed by atoms with van der Waals surface area (Å²) in [6.45, 7) is 11.2. The molecule has 0 atom stereocenters. The first kappa shape index (κ1) is 21.2. The molecule has 0 radical (unpaired) electrons. The fourth-order valence-electron chi connectivity index (χ4n) is 3.77. The third kappa shape index (κ3) is 4.11. The number of likely N-dealkylation sites (N-methyl/N-ethyl adjacent to an activating group) is 1. The second kappa shape index (κ2) is 9.33. The molecular weight excluding hydrogens is 384 g/mol. The quantitative estimate of drug-likeness (QED) is 0.403. The molecule has 29 heavy (non-hydrogen) atoms. The van der Waals surface area contributed by atoms with Gasteiger partial charge in [-0.25, -0.2) is 4.98 Å². The maximum absolute atomic E-state index is 5.56. The van der Waals surface area contributed by atoms with Gasteiger partial charge in [0.05, 0.1) is 23.3 Å². The number of ether oxygens (including phenoxy) is 1. The van der Waals surface area contributed by atoms with Gasteiger partial charge in [-0.2, -0.15) is 0 Å². The van der Waals surface area contributed by atoms with E-state index >= 15 is 0 Å². The van der Waals surface area contributed by atoms with Gasteiger partial charge in [-0.1, -0.05) is 26.0 Å². The number of hydrogen-bond donors (Lipinski definition) is 0. The lowest BCUT2D eigenvalue weighted by atomic mass is 10.1. The fraction of sp³-hybridized carbons (Fsp3) is 0.348. The zero-order valence-corrected chi connectivity index (χ0v) is 18.2. The van der Waals surface area contributed by atoms with Gasteiger partial charge in [0.2, 0.25) is 5.78 Å². The Morgan fingerprint density at radius 1 is 0.931 bits per heavy atom. The molecule has 4 rings (SSSR count). The highest BCUT2D eigenvalue weighted by Crippen LogP contribution is 2.27. The topological polar surface area (TPSA) is 34.7 Å². The van der Waals surface area contributed by atoms with Crippen molar-refractivity contribution in [2.75, 3.05) is 26.2 Å². The molecule has 4 aromatic rings. The van der Waals surface area contributed by atoms with Gasteiger partial charge in [0.1, 0.15) is 5.75 Å². The SMILES string of the molecule is CCOc1ccc(-c2cn3c4ccccc4n(CCN(CC)CC)c3n2)cc1.Cl. The molecule has 0 N–H and O–H groups in total. The first-order valence-electron chi connectivity index (χ1n) is 10.2. The second-order valence-electron chi connectivity index (χ2n) is 6.92. The molecule has 0 saturated heterocycles. The van der Waals surface area contributed by atoms with Crippen molar-refractivity contribution >= 4 is 29.2 Å². The maximum Gasteiger partial charge on any atom is 0.215 e. The van der Waals surface area contributed by atoms with Crippen molar-refractivity contribution in [3.63, 3.8) is 0 Å². The van der Waals surface area contributed by atoms with E-state index in [2.05, 4.69) is 70.3 Å². The van der Waals surface area contributed by atoms with E-state index in [1.807, 2.05) is 19.1 Å². The predicted octanol–water partition coefficient (Wildman–Crippen LogP) is 5.12. The first-order valence-corrected chi connectivity index (χ1v) is 10.2. The van der Waals surface area contributed by atoms with E-state index < -0.39 is 0 Å².